The highest BCUT2D eigenvalue weighted by Gasteiger charge is 2.05. The Balaban J connectivity index is 0.00000196. The Labute approximate surface area is 178 Å². The summed E-state index contributed by atoms with van der Waals surface area (Å²) in [5.74, 6) is 1.94. The van der Waals surface area contributed by atoms with Gasteiger partial charge in [-0.05, 0) is 42.2 Å². The number of nitrogens with one attached hydrogen (secondary N) is 3. The van der Waals surface area contributed by atoms with Crippen LogP contribution in [0.5, 0.6) is 0 Å². The van der Waals surface area contributed by atoms with Crippen molar-refractivity contribution in [1.29, 1.82) is 0 Å². The molecule has 5 N–H and O–H groups in total. The second-order valence-corrected chi connectivity index (χ2v) is 6.10. The number of anilines is 2. The number of aromatic nitrogens is 1. The van der Waals surface area contributed by atoms with Crippen molar-refractivity contribution in [1.82, 2.24) is 10.3 Å². The van der Waals surface area contributed by atoms with Gasteiger partial charge in [0.1, 0.15) is 5.82 Å². The van der Waals surface area contributed by atoms with Crippen molar-refractivity contribution in [2.75, 3.05) is 30.3 Å². The van der Waals surface area contributed by atoms with E-state index in [9.17, 15) is 0 Å². The van der Waals surface area contributed by atoms with Gasteiger partial charge in [0.25, 0.3) is 0 Å². The van der Waals surface area contributed by atoms with Crippen LogP contribution in [0.2, 0.25) is 0 Å². The van der Waals surface area contributed by atoms with E-state index >= 15 is 0 Å². The van der Waals surface area contributed by atoms with Crippen LogP contribution in [0.4, 0.5) is 11.5 Å². The topological polar surface area (TPSA) is 99.7 Å². The molecule has 0 unspecified atom stereocenters. The van der Waals surface area contributed by atoms with Gasteiger partial charge in [0.2, 0.25) is 0 Å². The standard InChI is InChI=1S/C19H25N7.2ClH/c1-2-9-21-18(20)26-17-8-5-15(13-24-17)12-14-3-6-16(7-4-14)25-19-22-10-11-23-19;;/h3-8,13H,2,9-12H2,1H3,(H2,22,23,25)(H3,20,21,24,26);2*1H. The molecule has 1 aliphatic heterocycles. The molecule has 1 aliphatic rings. The van der Waals surface area contributed by atoms with E-state index in [1.54, 1.807) is 0 Å². The molecule has 0 radical (unpaired) electrons. The number of hydrogen-bond donors (Lipinski definition) is 4. The molecule has 0 spiro atoms. The second kappa shape index (κ2) is 12.0. The van der Waals surface area contributed by atoms with Crippen molar-refractivity contribution < 1.29 is 0 Å². The quantitative estimate of drug-likeness (QED) is 0.422. The summed E-state index contributed by atoms with van der Waals surface area (Å²) in [7, 11) is 0. The Bertz CT molecular complexity index is 774. The first-order valence-corrected chi connectivity index (χ1v) is 8.89. The van der Waals surface area contributed by atoms with Gasteiger partial charge in [-0.2, -0.15) is 0 Å². The third-order valence-corrected chi connectivity index (χ3v) is 3.89. The van der Waals surface area contributed by atoms with E-state index in [1.165, 1.54) is 5.56 Å². The van der Waals surface area contributed by atoms with Gasteiger partial charge in [-0.15, -0.1) is 24.8 Å². The van der Waals surface area contributed by atoms with Crippen LogP contribution in [0, 0.1) is 0 Å². The lowest BCUT2D eigenvalue weighted by atomic mass is 10.1. The van der Waals surface area contributed by atoms with E-state index < -0.39 is 0 Å². The molecule has 1 aromatic carbocycles. The summed E-state index contributed by atoms with van der Waals surface area (Å²) >= 11 is 0. The van der Waals surface area contributed by atoms with Gasteiger partial charge in [-0.25, -0.2) is 4.98 Å². The normalized spacial score (nSPS) is 12.9. The first kappa shape index (κ1) is 23.5. The van der Waals surface area contributed by atoms with Gasteiger partial charge in [0.05, 0.1) is 6.54 Å². The fourth-order valence-electron chi connectivity index (χ4n) is 2.57. The number of halogens is 2. The Morgan fingerprint density at radius 2 is 1.89 bits per heavy atom. The number of rotatable bonds is 6. The molecule has 28 heavy (non-hydrogen) atoms. The lowest BCUT2D eigenvalue weighted by molar-refractivity contribution is 0.929. The fraction of sp³-hybridized carbons (Fsp3) is 0.316. The third kappa shape index (κ3) is 7.25. The van der Waals surface area contributed by atoms with Gasteiger partial charge in [-0.3, -0.25) is 9.98 Å². The molecular formula is C19H27Cl2N7. The summed E-state index contributed by atoms with van der Waals surface area (Å²) in [5, 5.41) is 9.46. The minimum absolute atomic E-state index is 0. The number of hydrogen-bond acceptors (Lipinski definition) is 5. The van der Waals surface area contributed by atoms with Crippen LogP contribution in [0.1, 0.15) is 24.5 Å². The lowest BCUT2D eigenvalue weighted by Crippen LogP contribution is -2.26. The zero-order valence-corrected chi connectivity index (χ0v) is 17.4. The van der Waals surface area contributed by atoms with Gasteiger partial charge < -0.3 is 21.7 Å². The highest BCUT2D eigenvalue weighted by atomic mass is 35.5. The van der Waals surface area contributed by atoms with Crippen LogP contribution in [0.3, 0.4) is 0 Å². The van der Waals surface area contributed by atoms with Crippen LogP contribution in [-0.2, 0) is 6.42 Å². The van der Waals surface area contributed by atoms with Crippen LogP contribution in [0.15, 0.2) is 52.6 Å². The lowest BCUT2D eigenvalue weighted by Gasteiger charge is -2.08. The Hall–Kier alpha value is -2.51. The van der Waals surface area contributed by atoms with E-state index in [1.807, 2.05) is 18.3 Å². The maximum absolute atomic E-state index is 5.81. The second-order valence-electron chi connectivity index (χ2n) is 6.10. The molecule has 7 nitrogen and oxygen atoms in total. The average molecular weight is 424 g/mol. The maximum atomic E-state index is 5.81. The first-order valence-electron chi connectivity index (χ1n) is 8.89. The van der Waals surface area contributed by atoms with E-state index in [0.717, 1.165) is 43.1 Å². The van der Waals surface area contributed by atoms with Crippen LogP contribution < -0.4 is 21.7 Å². The molecule has 9 heteroatoms. The molecule has 1 aromatic heterocycles. The molecule has 0 bridgehead atoms. The van der Waals surface area contributed by atoms with Crippen molar-refractivity contribution >= 4 is 48.2 Å². The smallest absolute Gasteiger partial charge is 0.195 e. The Kier molecular flexibility index (Phi) is 10.1. The fourth-order valence-corrected chi connectivity index (χ4v) is 2.57. The van der Waals surface area contributed by atoms with E-state index in [4.69, 9.17) is 5.73 Å². The minimum atomic E-state index is 0. The number of nitrogens with zero attached hydrogens (tertiary/aromatic N) is 3. The van der Waals surface area contributed by atoms with Gasteiger partial charge in [0.15, 0.2) is 11.9 Å². The summed E-state index contributed by atoms with van der Waals surface area (Å²) in [6.07, 6.45) is 3.65. The third-order valence-electron chi connectivity index (χ3n) is 3.89. The largest absolute Gasteiger partial charge is 0.370 e. The van der Waals surface area contributed by atoms with Gasteiger partial charge in [0, 0.05) is 25.0 Å². The number of guanidine groups is 2. The predicted molar refractivity (Wildman–Crippen MR) is 122 cm³/mol. The molecule has 0 saturated heterocycles. The molecule has 2 heterocycles. The first-order chi connectivity index (χ1) is 12.7. The molecule has 152 valence electrons. The summed E-state index contributed by atoms with van der Waals surface area (Å²) < 4.78 is 0. The monoisotopic (exact) mass is 423 g/mol. The zero-order chi connectivity index (χ0) is 18.2. The number of benzene rings is 1. The number of nitrogens with two attached hydrogens (primary N) is 1. The maximum Gasteiger partial charge on any atom is 0.195 e. The van der Waals surface area contributed by atoms with E-state index in [0.29, 0.717) is 18.3 Å². The Morgan fingerprint density at radius 3 is 2.50 bits per heavy atom. The molecule has 3 rings (SSSR count). The van der Waals surface area contributed by atoms with Crippen molar-refractivity contribution in [3.8, 4) is 0 Å². The average Bonchev–Trinajstić information content (AvgIpc) is 3.16. The van der Waals surface area contributed by atoms with Crippen LogP contribution in [0.25, 0.3) is 0 Å². The van der Waals surface area contributed by atoms with Crippen molar-refractivity contribution in [3.63, 3.8) is 0 Å². The van der Waals surface area contributed by atoms with Crippen LogP contribution >= 0.6 is 24.8 Å². The van der Waals surface area contributed by atoms with Gasteiger partial charge in [-0.1, -0.05) is 25.1 Å². The van der Waals surface area contributed by atoms with Gasteiger partial charge >= 0.3 is 0 Å². The highest BCUT2D eigenvalue weighted by Crippen LogP contribution is 2.14. The summed E-state index contributed by atoms with van der Waals surface area (Å²) in [6.45, 7) is 4.50. The summed E-state index contributed by atoms with van der Waals surface area (Å²) in [4.78, 5) is 12.9. The molecule has 0 fully saturated rings. The zero-order valence-electron chi connectivity index (χ0n) is 15.8. The molecule has 0 atom stereocenters. The molecular weight excluding hydrogens is 397 g/mol. The van der Waals surface area contributed by atoms with E-state index in [2.05, 4.69) is 62.1 Å². The number of pyridine rings is 1. The molecule has 0 amide bonds. The molecule has 0 saturated carbocycles. The SMILES string of the molecule is CCCN=C(N)Nc1ccc(Cc2ccc(NC3=NCCN3)cc2)cn1.Cl.Cl. The summed E-state index contributed by atoms with van der Waals surface area (Å²) in [5.41, 5.74) is 9.20. The highest BCUT2D eigenvalue weighted by molar-refractivity contribution is 5.94. The van der Waals surface area contributed by atoms with Crippen molar-refractivity contribution in [3.05, 3.63) is 53.7 Å². The Morgan fingerprint density at radius 1 is 1.14 bits per heavy atom. The van der Waals surface area contributed by atoms with Crippen LogP contribution in [-0.4, -0.2) is 36.5 Å². The van der Waals surface area contributed by atoms with Crippen molar-refractivity contribution in [2.24, 2.45) is 15.7 Å². The molecule has 0 aliphatic carbocycles. The number of aliphatic imine (C=N–C) groups is 2. The minimum Gasteiger partial charge on any atom is -0.370 e. The van der Waals surface area contributed by atoms with E-state index in [-0.39, 0.29) is 24.8 Å². The predicted octanol–water partition coefficient (Wildman–Crippen LogP) is 3.02. The summed E-state index contributed by atoms with van der Waals surface area (Å²) in [6, 6.07) is 12.3. The molecule has 2 aromatic rings. The van der Waals surface area contributed by atoms with Crippen molar-refractivity contribution in [2.45, 2.75) is 19.8 Å².